The summed E-state index contributed by atoms with van der Waals surface area (Å²) in [6.45, 7) is 8.19. The van der Waals surface area contributed by atoms with Gasteiger partial charge in [-0.15, -0.1) is 24.0 Å². The molecule has 0 bridgehead atoms. The van der Waals surface area contributed by atoms with Crippen LogP contribution in [0.15, 0.2) is 29.3 Å². The van der Waals surface area contributed by atoms with Crippen molar-refractivity contribution >= 4 is 29.9 Å². The molecule has 1 aliphatic heterocycles. The van der Waals surface area contributed by atoms with Gasteiger partial charge in [0.05, 0.1) is 13.7 Å². The minimum atomic E-state index is -0.00771. The van der Waals surface area contributed by atoms with Crippen LogP contribution in [0.2, 0.25) is 0 Å². The Balaban J connectivity index is 0.00000364. The van der Waals surface area contributed by atoms with E-state index in [0.717, 1.165) is 30.5 Å². The zero-order valence-electron chi connectivity index (χ0n) is 17.0. The van der Waals surface area contributed by atoms with E-state index >= 15 is 0 Å². The number of hydrogen-bond acceptors (Lipinski definition) is 4. The molecule has 2 atom stereocenters. The van der Waals surface area contributed by atoms with Crippen LogP contribution in [0.3, 0.4) is 0 Å². The van der Waals surface area contributed by atoms with E-state index in [4.69, 9.17) is 9.47 Å². The molecule has 0 saturated carbocycles. The summed E-state index contributed by atoms with van der Waals surface area (Å²) in [5, 5.41) is 6.82. The van der Waals surface area contributed by atoms with Gasteiger partial charge >= 0.3 is 0 Å². The van der Waals surface area contributed by atoms with Gasteiger partial charge in [0.15, 0.2) is 17.5 Å². The highest BCUT2D eigenvalue weighted by Crippen LogP contribution is 2.26. The number of halogens is 1. The highest BCUT2D eigenvalue weighted by molar-refractivity contribution is 14.0. The largest absolute Gasteiger partial charge is 0.493 e. The number of para-hydroxylation sites is 2. The Labute approximate surface area is 181 Å². The molecule has 0 radical (unpaired) electrons. The van der Waals surface area contributed by atoms with Crippen LogP contribution in [0, 0.1) is 0 Å². The van der Waals surface area contributed by atoms with Gasteiger partial charge in [0.1, 0.15) is 6.10 Å². The van der Waals surface area contributed by atoms with Gasteiger partial charge in [0.25, 0.3) is 0 Å². The lowest BCUT2D eigenvalue weighted by Crippen LogP contribution is -2.50. The smallest absolute Gasteiger partial charge is 0.191 e. The Morgan fingerprint density at radius 3 is 2.67 bits per heavy atom. The second kappa shape index (κ2) is 13.0. The molecule has 2 N–H and O–H groups in total. The van der Waals surface area contributed by atoms with Gasteiger partial charge in [0, 0.05) is 19.6 Å². The number of nitrogens with one attached hydrogen (secondary N) is 2. The molecular weight excluding hydrogens is 455 g/mol. The van der Waals surface area contributed by atoms with Gasteiger partial charge in [-0.2, -0.15) is 0 Å². The summed E-state index contributed by atoms with van der Waals surface area (Å²) in [4.78, 5) is 6.88. The number of benzene rings is 1. The summed E-state index contributed by atoms with van der Waals surface area (Å²) >= 11 is 0. The van der Waals surface area contributed by atoms with Gasteiger partial charge in [0.2, 0.25) is 0 Å². The molecule has 1 fully saturated rings. The number of ether oxygens (including phenoxy) is 2. The van der Waals surface area contributed by atoms with Crippen LogP contribution in [-0.4, -0.2) is 63.3 Å². The van der Waals surface area contributed by atoms with E-state index in [-0.39, 0.29) is 30.1 Å². The summed E-state index contributed by atoms with van der Waals surface area (Å²) in [6, 6.07) is 8.30. The van der Waals surface area contributed by atoms with Crippen LogP contribution in [0.4, 0.5) is 0 Å². The molecule has 6 nitrogen and oxygen atoms in total. The number of nitrogens with zero attached hydrogens (tertiary/aromatic N) is 2. The zero-order valence-corrected chi connectivity index (χ0v) is 19.4. The van der Waals surface area contributed by atoms with Crippen molar-refractivity contribution in [3.63, 3.8) is 0 Å². The zero-order chi connectivity index (χ0) is 18.8. The van der Waals surface area contributed by atoms with Crippen molar-refractivity contribution in [2.75, 3.05) is 40.3 Å². The number of piperidine rings is 1. The number of hydrogen-bond donors (Lipinski definition) is 2. The van der Waals surface area contributed by atoms with E-state index in [1.54, 1.807) is 14.2 Å². The summed E-state index contributed by atoms with van der Waals surface area (Å²) < 4.78 is 11.3. The quantitative estimate of drug-likeness (QED) is 0.333. The van der Waals surface area contributed by atoms with Crippen LogP contribution >= 0.6 is 24.0 Å². The summed E-state index contributed by atoms with van der Waals surface area (Å²) in [7, 11) is 3.46. The van der Waals surface area contributed by atoms with E-state index in [0.29, 0.717) is 12.6 Å². The number of methoxy groups -OCH3 is 1. The number of rotatable bonds is 8. The van der Waals surface area contributed by atoms with Gasteiger partial charge in [-0.3, -0.25) is 9.89 Å². The molecule has 1 saturated heterocycles. The normalized spacial score (nSPS) is 19.0. The highest BCUT2D eigenvalue weighted by Gasteiger charge is 2.20. The monoisotopic (exact) mass is 490 g/mol. The standard InChI is InChI=1S/C20H34N4O2.HI/c1-5-24-13-9-8-10-17(24)15-23-20(21-3)22-14-16(2)26-19-12-7-6-11-18(19)25-4;/h6-7,11-12,16-17H,5,8-10,13-15H2,1-4H3,(H2,21,22,23);1H. The SMILES string of the molecule is CCN1CCCCC1CNC(=NC)NCC(C)Oc1ccccc1OC.I. The Morgan fingerprint density at radius 1 is 1.26 bits per heavy atom. The number of likely N-dealkylation sites (tertiary alicyclic amines) is 1. The molecule has 2 rings (SSSR count). The van der Waals surface area contributed by atoms with Gasteiger partial charge in [-0.1, -0.05) is 25.5 Å². The van der Waals surface area contributed by atoms with Gasteiger partial charge in [-0.05, 0) is 45.0 Å². The molecule has 0 aromatic heterocycles. The van der Waals surface area contributed by atoms with E-state index in [1.807, 2.05) is 31.2 Å². The molecule has 0 aliphatic carbocycles. The third-order valence-corrected chi connectivity index (χ3v) is 4.84. The maximum atomic E-state index is 5.98. The van der Waals surface area contributed by atoms with Gasteiger partial charge < -0.3 is 20.1 Å². The Hall–Kier alpha value is -1.22. The van der Waals surface area contributed by atoms with Crippen LogP contribution in [0.1, 0.15) is 33.1 Å². The molecule has 1 aromatic carbocycles. The molecular formula is C20H35IN4O2. The molecule has 1 aromatic rings. The Kier molecular flexibility index (Phi) is 11.5. The molecule has 27 heavy (non-hydrogen) atoms. The highest BCUT2D eigenvalue weighted by atomic mass is 127. The van der Waals surface area contributed by atoms with Crippen molar-refractivity contribution in [1.82, 2.24) is 15.5 Å². The molecule has 0 amide bonds. The number of guanidine groups is 1. The Bertz CT molecular complexity index is 571. The van der Waals surface area contributed by atoms with Crippen LogP contribution in [0.5, 0.6) is 11.5 Å². The second-order valence-corrected chi connectivity index (χ2v) is 6.69. The first-order chi connectivity index (χ1) is 12.7. The minimum Gasteiger partial charge on any atom is -0.493 e. The van der Waals surface area contributed by atoms with E-state index in [1.165, 1.54) is 25.8 Å². The first-order valence-electron chi connectivity index (χ1n) is 9.66. The maximum Gasteiger partial charge on any atom is 0.191 e. The van der Waals surface area contributed by atoms with Crippen molar-refractivity contribution < 1.29 is 9.47 Å². The minimum absolute atomic E-state index is 0. The lowest BCUT2D eigenvalue weighted by molar-refractivity contribution is 0.157. The van der Waals surface area contributed by atoms with Crippen molar-refractivity contribution in [2.45, 2.75) is 45.3 Å². The topological polar surface area (TPSA) is 58.1 Å². The fourth-order valence-electron chi connectivity index (χ4n) is 3.36. The third-order valence-electron chi connectivity index (χ3n) is 4.84. The van der Waals surface area contributed by atoms with Crippen molar-refractivity contribution in [3.05, 3.63) is 24.3 Å². The summed E-state index contributed by atoms with van der Waals surface area (Å²) in [6.07, 6.45) is 3.88. The molecule has 1 aliphatic rings. The lowest BCUT2D eigenvalue weighted by Gasteiger charge is -2.35. The predicted molar refractivity (Wildman–Crippen MR) is 123 cm³/mol. The average molecular weight is 490 g/mol. The molecule has 2 unspecified atom stereocenters. The van der Waals surface area contributed by atoms with Crippen LogP contribution in [0.25, 0.3) is 0 Å². The van der Waals surface area contributed by atoms with Crippen molar-refractivity contribution in [3.8, 4) is 11.5 Å². The number of aliphatic imine (C=N–C) groups is 1. The second-order valence-electron chi connectivity index (χ2n) is 6.69. The number of likely N-dealkylation sites (N-methyl/N-ethyl adjacent to an activating group) is 1. The fraction of sp³-hybridized carbons (Fsp3) is 0.650. The van der Waals surface area contributed by atoms with Crippen molar-refractivity contribution in [2.24, 2.45) is 4.99 Å². The Morgan fingerprint density at radius 2 is 2.00 bits per heavy atom. The fourth-order valence-corrected chi connectivity index (χ4v) is 3.36. The van der Waals surface area contributed by atoms with E-state index < -0.39 is 0 Å². The lowest BCUT2D eigenvalue weighted by atomic mass is 10.0. The third kappa shape index (κ3) is 7.73. The summed E-state index contributed by atoms with van der Waals surface area (Å²) in [5.41, 5.74) is 0. The predicted octanol–water partition coefficient (Wildman–Crippen LogP) is 3.12. The molecule has 0 spiro atoms. The maximum absolute atomic E-state index is 5.98. The molecule has 7 heteroatoms. The first-order valence-corrected chi connectivity index (χ1v) is 9.66. The first kappa shape index (κ1) is 23.8. The van der Waals surface area contributed by atoms with Crippen LogP contribution in [-0.2, 0) is 0 Å². The summed E-state index contributed by atoms with van der Waals surface area (Å²) in [5.74, 6) is 2.33. The molecule has 1 heterocycles. The van der Waals surface area contributed by atoms with E-state index in [2.05, 4.69) is 27.4 Å². The average Bonchev–Trinajstić information content (AvgIpc) is 2.68. The van der Waals surface area contributed by atoms with E-state index in [9.17, 15) is 0 Å². The van der Waals surface area contributed by atoms with Crippen molar-refractivity contribution in [1.29, 1.82) is 0 Å². The molecule has 154 valence electrons. The van der Waals surface area contributed by atoms with Crippen LogP contribution < -0.4 is 20.1 Å². The van der Waals surface area contributed by atoms with Gasteiger partial charge in [-0.25, -0.2) is 0 Å².